The van der Waals surface area contributed by atoms with E-state index in [4.69, 9.17) is 5.84 Å². The van der Waals surface area contributed by atoms with Gasteiger partial charge in [-0.25, -0.2) is 5.84 Å². The summed E-state index contributed by atoms with van der Waals surface area (Å²) >= 11 is 0. The highest BCUT2D eigenvalue weighted by atomic mass is 16.2. The topological polar surface area (TPSA) is 58.4 Å². The number of para-hydroxylation sites is 1. The van der Waals surface area contributed by atoms with Crippen LogP contribution in [-0.4, -0.2) is 17.5 Å². The summed E-state index contributed by atoms with van der Waals surface area (Å²) in [6, 6.07) is 8.01. The van der Waals surface area contributed by atoms with E-state index in [-0.39, 0.29) is 17.5 Å². The molecular weight excluding hydrogens is 274 g/mol. The van der Waals surface area contributed by atoms with E-state index in [0.717, 1.165) is 24.9 Å². The van der Waals surface area contributed by atoms with Gasteiger partial charge in [0.1, 0.15) is 6.04 Å². The highest BCUT2D eigenvalue weighted by molar-refractivity contribution is 5.89. The fourth-order valence-electron chi connectivity index (χ4n) is 3.45. The molecule has 0 aromatic heterocycles. The van der Waals surface area contributed by atoms with Crippen molar-refractivity contribution in [2.24, 2.45) is 5.84 Å². The Labute approximate surface area is 133 Å². The Balaban J connectivity index is 2.51. The van der Waals surface area contributed by atoms with Crippen molar-refractivity contribution in [1.82, 2.24) is 5.43 Å². The van der Waals surface area contributed by atoms with Crippen molar-refractivity contribution in [3.8, 4) is 0 Å². The number of nitrogens with one attached hydrogen (secondary N) is 1. The van der Waals surface area contributed by atoms with Crippen LogP contribution in [0.25, 0.3) is 5.57 Å². The zero-order valence-electron chi connectivity index (χ0n) is 14.0. The van der Waals surface area contributed by atoms with E-state index in [1.165, 1.54) is 11.1 Å². The molecule has 22 heavy (non-hydrogen) atoms. The monoisotopic (exact) mass is 301 g/mol. The molecule has 0 bridgehead atoms. The molecule has 0 fully saturated rings. The van der Waals surface area contributed by atoms with Crippen LogP contribution in [-0.2, 0) is 4.79 Å². The lowest BCUT2D eigenvalue weighted by molar-refractivity contribution is -0.122. The van der Waals surface area contributed by atoms with E-state index in [1.807, 2.05) is 12.1 Å². The molecule has 1 aromatic rings. The van der Waals surface area contributed by atoms with Crippen LogP contribution in [0.3, 0.4) is 0 Å². The molecule has 0 unspecified atom stereocenters. The van der Waals surface area contributed by atoms with Crippen molar-refractivity contribution in [3.05, 3.63) is 35.9 Å². The third-order valence-electron chi connectivity index (χ3n) is 4.37. The minimum atomic E-state index is -0.259. The fourth-order valence-corrected chi connectivity index (χ4v) is 3.45. The number of hydrazine groups is 1. The predicted molar refractivity (Wildman–Crippen MR) is 92.3 cm³/mol. The smallest absolute Gasteiger partial charge is 0.256 e. The van der Waals surface area contributed by atoms with E-state index in [0.29, 0.717) is 0 Å². The van der Waals surface area contributed by atoms with Gasteiger partial charge in [0.15, 0.2) is 0 Å². The zero-order chi connectivity index (χ0) is 16.3. The first-order valence-corrected chi connectivity index (χ1v) is 8.01. The lowest BCUT2D eigenvalue weighted by Gasteiger charge is -2.47. The van der Waals surface area contributed by atoms with E-state index >= 15 is 0 Å². The van der Waals surface area contributed by atoms with Crippen LogP contribution in [0.2, 0.25) is 0 Å². The maximum atomic E-state index is 12.4. The summed E-state index contributed by atoms with van der Waals surface area (Å²) in [6.45, 7) is 8.56. The van der Waals surface area contributed by atoms with Gasteiger partial charge in [0.05, 0.1) is 5.54 Å². The molecule has 2 rings (SSSR count). The number of hydrogen-bond donors (Lipinski definition) is 2. The average molecular weight is 301 g/mol. The van der Waals surface area contributed by atoms with Crippen molar-refractivity contribution < 1.29 is 4.79 Å². The van der Waals surface area contributed by atoms with Crippen LogP contribution in [0.5, 0.6) is 0 Å². The maximum absolute atomic E-state index is 12.4. The van der Waals surface area contributed by atoms with Gasteiger partial charge < -0.3 is 4.90 Å². The molecule has 3 N–H and O–H groups in total. The number of hydrogen-bond acceptors (Lipinski definition) is 3. The predicted octanol–water partition coefficient (Wildman–Crippen LogP) is 3.24. The number of benzene rings is 1. The number of nitrogens with two attached hydrogens (primary N) is 1. The molecule has 1 heterocycles. The average Bonchev–Trinajstić information content (AvgIpc) is 2.49. The first-order valence-electron chi connectivity index (χ1n) is 8.01. The van der Waals surface area contributed by atoms with Gasteiger partial charge in [0, 0.05) is 11.3 Å². The summed E-state index contributed by atoms with van der Waals surface area (Å²) in [5, 5.41) is 0. The largest absolute Gasteiger partial charge is 0.350 e. The lowest BCUT2D eigenvalue weighted by Crippen LogP contribution is -2.57. The van der Waals surface area contributed by atoms with Gasteiger partial charge >= 0.3 is 0 Å². The SMILES string of the molecule is CCCC[C@H](C(=O)NN)N1c2ccccc2C(C)=CC1(C)C. The summed E-state index contributed by atoms with van der Waals surface area (Å²) in [5.74, 6) is 5.32. The summed E-state index contributed by atoms with van der Waals surface area (Å²) in [5.41, 5.74) is 5.66. The molecular formula is C18H27N3O. The van der Waals surface area contributed by atoms with Crippen molar-refractivity contribution in [3.63, 3.8) is 0 Å². The quantitative estimate of drug-likeness (QED) is 0.499. The van der Waals surface area contributed by atoms with Crippen LogP contribution in [0.15, 0.2) is 30.3 Å². The van der Waals surface area contributed by atoms with Crippen LogP contribution >= 0.6 is 0 Å². The molecule has 1 amide bonds. The Bertz CT molecular complexity index is 577. The molecule has 0 spiro atoms. The van der Waals surface area contributed by atoms with Crippen molar-refractivity contribution in [1.29, 1.82) is 0 Å². The van der Waals surface area contributed by atoms with E-state index < -0.39 is 0 Å². The van der Waals surface area contributed by atoms with Crippen LogP contribution in [0.4, 0.5) is 5.69 Å². The number of unbranched alkanes of at least 4 members (excludes halogenated alkanes) is 1. The number of carbonyl (C=O) groups is 1. The van der Waals surface area contributed by atoms with Gasteiger partial charge in [-0.05, 0) is 38.8 Å². The van der Waals surface area contributed by atoms with Gasteiger partial charge in [-0.2, -0.15) is 0 Å². The molecule has 0 saturated carbocycles. The number of nitrogens with zero attached hydrogens (tertiary/aromatic N) is 1. The second-order valence-electron chi connectivity index (χ2n) is 6.53. The minimum Gasteiger partial charge on any atom is -0.350 e. The second-order valence-corrected chi connectivity index (χ2v) is 6.53. The molecule has 1 atom stereocenters. The molecule has 0 aliphatic carbocycles. The Morgan fingerprint density at radius 3 is 2.68 bits per heavy atom. The summed E-state index contributed by atoms with van der Waals surface area (Å²) in [4.78, 5) is 14.6. The Morgan fingerprint density at radius 2 is 2.05 bits per heavy atom. The zero-order valence-corrected chi connectivity index (χ0v) is 14.0. The first-order chi connectivity index (χ1) is 10.4. The van der Waals surface area contributed by atoms with Gasteiger partial charge in [0.25, 0.3) is 5.91 Å². The second kappa shape index (κ2) is 6.53. The van der Waals surface area contributed by atoms with Gasteiger partial charge in [-0.3, -0.25) is 10.2 Å². The first kappa shape index (κ1) is 16.6. The normalized spacial score (nSPS) is 17.5. The van der Waals surface area contributed by atoms with Crippen molar-refractivity contribution in [2.45, 2.75) is 58.5 Å². The Kier molecular flexibility index (Phi) is 4.91. The number of amides is 1. The Hall–Kier alpha value is -1.81. The summed E-state index contributed by atoms with van der Waals surface area (Å²) < 4.78 is 0. The lowest BCUT2D eigenvalue weighted by atomic mass is 9.86. The van der Waals surface area contributed by atoms with Gasteiger partial charge in [0.2, 0.25) is 0 Å². The van der Waals surface area contributed by atoms with E-state index in [2.05, 4.69) is 56.2 Å². The molecule has 1 aliphatic rings. The number of rotatable bonds is 5. The van der Waals surface area contributed by atoms with Crippen LogP contribution in [0, 0.1) is 0 Å². The van der Waals surface area contributed by atoms with Crippen LogP contribution in [0.1, 0.15) is 52.5 Å². The summed E-state index contributed by atoms with van der Waals surface area (Å²) in [6.07, 6.45) is 5.08. The van der Waals surface area contributed by atoms with Crippen molar-refractivity contribution in [2.75, 3.05) is 4.90 Å². The number of fused-ring (bicyclic) bond motifs is 1. The molecule has 0 saturated heterocycles. The fraction of sp³-hybridized carbons (Fsp3) is 0.500. The Morgan fingerprint density at radius 1 is 1.36 bits per heavy atom. The standard InChI is InChI=1S/C18H27N3O/c1-5-6-10-16(17(22)20-19)21-15-11-8-7-9-14(15)13(2)12-18(21,3)4/h7-9,11-12,16H,5-6,10,19H2,1-4H3,(H,20,22)/t16-/m1/s1. The number of anilines is 1. The number of allylic oxidation sites excluding steroid dienone is 1. The molecule has 0 radical (unpaired) electrons. The highest BCUT2D eigenvalue weighted by Crippen LogP contribution is 2.40. The van der Waals surface area contributed by atoms with Crippen LogP contribution < -0.4 is 16.2 Å². The third-order valence-corrected chi connectivity index (χ3v) is 4.37. The third kappa shape index (κ3) is 3.02. The van der Waals surface area contributed by atoms with Gasteiger partial charge in [-0.1, -0.05) is 44.0 Å². The molecule has 1 aromatic carbocycles. The highest BCUT2D eigenvalue weighted by Gasteiger charge is 2.38. The maximum Gasteiger partial charge on any atom is 0.256 e. The molecule has 4 heteroatoms. The molecule has 1 aliphatic heterocycles. The van der Waals surface area contributed by atoms with E-state index in [9.17, 15) is 4.79 Å². The van der Waals surface area contributed by atoms with Crippen molar-refractivity contribution >= 4 is 17.2 Å². The summed E-state index contributed by atoms with van der Waals surface area (Å²) in [7, 11) is 0. The number of carbonyl (C=O) groups excluding carboxylic acids is 1. The van der Waals surface area contributed by atoms with Gasteiger partial charge in [-0.15, -0.1) is 0 Å². The minimum absolute atomic E-state index is 0.121. The molecule has 4 nitrogen and oxygen atoms in total. The molecule has 120 valence electrons. The van der Waals surface area contributed by atoms with E-state index in [1.54, 1.807) is 0 Å².